The van der Waals surface area contributed by atoms with E-state index in [1.807, 2.05) is 11.7 Å². The fourth-order valence-corrected chi connectivity index (χ4v) is 3.28. The smallest absolute Gasteiger partial charge is 0.202 e. The van der Waals surface area contributed by atoms with Gasteiger partial charge in [0.1, 0.15) is 5.52 Å². The normalized spacial score (nSPS) is 20.2. The molecule has 2 N–H and O–H groups in total. The van der Waals surface area contributed by atoms with E-state index < -0.39 is 0 Å². The van der Waals surface area contributed by atoms with Crippen LogP contribution in [0.15, 0.2) is 0 Å². The minimum absolute atomic E-state index is 0.623. The van der Waals surface area contributed by atoms with Crippen molar-refractivity contribution in [3.63, 3.8) is 0 Å². The Bertz CT molecular complexity index is 611. The third-order valence-corrected chi connectivity index (χ3v) is 4.41. The van der Waals surface area contributed by atoms with Gasteiger partial charge in [0.15, 0.2) is 5.65 Å². The number of nitrogens with zero attached hydrogens (tertiary/aromatic N) is 5. The van der Waals surface area contributed by atoms with Crippen molar-refractivity contribution in [1.29, 1.82) is 0 Å². The number of anilines is 1. The van der Waals surface area contributed by atoms with E-state index >= 15 is 0 Å². The Morgan fingerprint density at radius 1 is 1.35 bits per heavy atom. The summed E-state index contributed by atoms with van der Waals surface area (Å²) < 4.78 is 4.06. The Kier molecular flexibility index (Phi) is 3.41. The van der Waals surface area contributed by atoms with E-state index in [9.17, 15) is 0 Å². The Morgan fingerprint density at radius 2 is 2.15 bits per heavy atom. The van der Waals surface area contributed by atoms with E-state index in [0.29, 0.717) is 11.9 Å². The highest BCUT2D eigenvalue weighted by Gasteiger charge is 2.24. The van der Waals surface area contributed by atoms with Gasteiger partial charge in [0.2, 0.25) is 5.95 Å². The van der Waals surface area contributed by atoms with Gasteiger partial charge < -0.3 is 10.6 Å². The summed E-state index contributed by atoms with van der Waals surface area (Å²) in [6.07, 6.45) is 2.13. The highest BCUT2D eigenvalue weighted by Crippen LogP contribution is 2.25. The number of imidazole rings is 1. The van der Waals surface area contributed by atoms with Crippen LogP contribution in [0.3, 0.4) is 0 Å². The van der Waals surface area contributed by atoms with E-state index in [0.717, 1.165) is 42.9 Å². The van der Waals surface area contributed by atoms with E-state index in [1.165, 1.54) is 13.0 Å². The summed E-state index contributed by atoms with van der Waals surface area (Å²) in [6, 6.07) is 0. The molecule has 6 heteroatoms. The van der Waals surface area contributed by atoms with E-state index in [1.54, 1.807) is 0 Å². The van der Waals surface area contributed by atoms with Gasteiger partial charge in [-0.05, 0) is 31.8 Å². The van der Waals surface area contributed by atoms with Gasteiger partial charge >= 0.3 is 0 Å². The van der Waals surface area contributed by atoms with Crippen LogP contribution in [0.1, 0.15) is 26.0 Å². The molecule has 0 saturated carbocycles. The molecule has 0 aliphatic carbocycles. The summed E-state index contributed by atoms with van der Waals surface area (Å²) in [5.41, 5.74) is 9.20. The number of likely N-dealkylation sites (tertiary alicyclic amines) is 1. The van der Waals surface area contributed by atoms with Gasteiger partial charge in [-0.15, -0.1) is 0 Å². The van der Waals surface area contributed by atoms with Gasteiger partial charge in [0.05, 0.1) is 5.69 Å². The van der Waals surface area contributed by atoms with Gasteiger partial charge in [-0.25, -0.2) is 4.98 Å². The largest absolute Gasteiger partial charge is 0.369 e. The number of hydrogen-bond donors (Lipinski definition) is 1. The molecule has 0 aromatic carbocycles. The van der Waals surface area contributed by atoms with Gasteiger partial charge in [0, 0.05) is 20.1 Å². The summed E-state index contributed by atoms with van der Waals surface area (Å²) in [6.45, 7) is 8.77. The molecule has 1 aliphatic heterocycles. The first-order chi connectivity index (χ1) is 9.63. The van der Waals surface area contributed by atoms with Gasteiger partial charge in [-0.1, -0.05) is 13.8 Å². The first-order valence-electron chi connectivity index (χ1n) is 7.53. The molecule has 0 amide bonds. The predicted molar refractivity (Wildman–Crippen MR) is 80.5 cm³/mol. The lowest BCUT2D eigenvalue weighted by atomic mass is 10.1. The van der Waals surface area contributed by atoms with Crippen LogP contribution in [0.5, 0.6) is 0 Å². The number of nitrogens with two attached hydrogens (primary N) is 1. The average Bonchev–Trinajstić information content (AvgIpc) is 3.09. The molecule has 1 fully saturated rings. The van der Waals surface area contributed by atoms with E-state index in [-0.39, 0.29) is 0 Å². The first-order valence-corrected chi connectivity index (χ1v) is 7.53. The Hall–Kier alpha value is -1.56. The highest BCUT2D eigenvalue weighted by molar-refractivity contribution is 5.77. The molecule has 3 heterocycles. The number of fused-ring (bicyclic) bond motifs is 1. The average molecular weight is 276 g/mol. The molecule has 110 valence electrons. The van der Waals surface area contributed by atoms with Gasteiger partial charge in [-0.3, -0.25) is 9.25 Å². The molecular weight excluding hydrogens is 252 g/mol. The minimum atomic E-state index is 0.623. The third kappa shape index (κ3) is 2.08. The second-order valence-electron chi connectivity index (χ2n) is 5.72. The van der Waals surface area contributed by atoms with Crippen LogP contribution < -0.4 is 5.73 Å². The molecule has 1 atom stereocenters. The Balaban J connectivity index is 1.91. The molecule has 3 rings (SSSR count). The van der Waals surface area contributed by atoms with Crippen LogP contribution in [0.4, 0.5) is 5.95 Å². The lowest BCUT2D eigenvalue weighted by Gasteiger charge is -2.14. The van der Waals surface area contributed by atoms with Crippen molar-refractivity contribution in [2.24, 2.45) is 13.0 Å². The zero-order valence-electron chi connectivity index (χ0n) is 12.6. The second-order valence-corrected chi connectivity index (χ2v) is 5.72. The molecule has 1 aliphatic rings. The molecule has 0 radical (unpaired) electrons. The van der Waals surface area contributed by atoms with Crippen molar-refractivity contribution < 1.29 is 0 Å². The second kappa shape index (κ2) is 5.09. The van der Waals surface area contributed by atoms with Crippen LogP contribution in [-0.2, 0) is 20.0 Å². The number of aromatic nitrogens is 4. The summed E-state index contributed by atoms with van der Waals surface area (Å²) >= 11 is 0. The fourth-order valence-electron chi connectivity index (χ4n) is 3.28. The van der Waals surface area contributed by atoms with Crippen LogP contribution in [0, 0.1) is 5.92 Å². The molecule has 6 nitrogen and oxygen atoms in total. The standard InChI is InChI=1S/C14H24N6/c1-4-11-12-13(18(3)17-11)20(14(15)16-12)9-10-6-7-19(5-2)8-10/h10H,4-9H2,1-3H3,(H2,15,16). The summed E-state index contributed by atoms with van der Waals surface area (Å²) in [4.78, 5) is 7.03. The number of rotatable bonds is 4. The zero-order chi connectivity index (χ0) is 14.3. The third-order valence-electron chi connectivity index (χ3n) is 4.41. The quantitative estimate of drug-likeness (QED) is 0.913. The zero-order valence-corrected chi connectivity index (χ0v) is 12.6. The van der Waals surface area contributed by atoms with E-state index in [2.05, 4.69) is 33.4 Å². The molecule has 2 aromatic rings. The summed E-state index contributed by atoms with van der Waals surface area (Å²) in [5, 5.41) is 4.54. The van der Waals surface area contributed by atoms with Crippen molar-refractivity contribution >= 4 is 17.1 Å². The topological polar surface area (TPSA) is 64.9 Å². The van der Waals surface area contributed by atoms with Crippen LogP contribution >= 0.6 is 0 Å². The van der Waals surface area contributed by atoms with Crippen molar-refractivity contribution in [2.75, 3.05) is 25.4 Å². The monoisotopic (exact) mass is 276 g/mol. The van der Waals surface area contributed by atoms with Crippen molar-refractivity contribution in [2.45, 2.75) is 33.2 Å². The maximum Gasteiger partial charge on any atom is 0.202 e. The van der Waals surface area contributed by atoms with Crippen molar-refractivity contribution in [3.8, 4) is 0 Å². The van der Waals surface area contributed by atoms with Crippen molar-refractivity contribution in [1.82, 2.24) is 24.2 Å². The summed E-state index contributed by atoms with van der Waals surface area (Å²) in [7, 11) is 1.98. The van der Waals surface area contributed by atoms with Crippen molar-refractivity contribution in [3.05, 3.63) is 5.69 Å². The predicted octanol–water partition coefficient (Wildman–Crippen LogP) is 1.26. The van der Waals surface area contributed by atoms with Crippen LogP contribution in [-0.4, -0.2) is 43.9 Å². The lowest BCUT2D eigenvalue weighted by Crippen LogP contribution is -2.22. The van der Waals surface area contributed by atoms with Gasteiger partial charge in [-0.2, -0.15) is 5.10 Å². The fraction of sp³-hybridized carbons (Fsp3) is 0.714. The molecule has 1 saturated heterocycles. The van der Waals surface area contributed by atoms with Gasteiger partial charge in [0.25, 0.3) is 0 Å². The lowest BCUT2D eigenvalue weighted by molar-refractivity contribution is 0.333. The minimum Gasteiger partial charge on any atom is -0.369 e. The molecule has 0 bridgehead atoms. The first kappa shape index (κ1) is 13.4. The highest BCUT2D eigenvalue weighted by atomic mass is 15.3. The maximum atomic E-state index is 6.13. The van der Waals surface area contributed by atoms with Crippen LogP contribution in [0.25, 0.3) is 11.2 Å². The Morgan fingerprint density at radius 3 is 2.80 bits per heavy atom. The Labute approximate surface area is 119 Å². The van der Waals surface area contributed by atoms with Crippen LogP contribution in [0.2, 0.25) is 0 Å². The molecule has 2 aromatic heterocycles. The SMILES string of the molecule is CCc1nn(C)c2c1nc(N)n2CC1CCN(CC)C1. The number of hydrogen-bond acceptors (Lipinski definition) is 4. The maximum absolute atomic E-state index is 6.13. The molecule has 1 unspecified atom stereocenters. The summed E-state index contributed by atoms with van der Waals surface area (Å²) in [5.74, 6) is 1.28. The number of aryl methyl sites for hydroxylation is 2. The molecule has 0 spiro atoms. The molecule has 20 heavy (non-hydrogen) atoms. The number of nitrogen functional groups attached to an aromatic ring is 1. The molecular formula is C14H24N6. The van der Waals surface area contributed by atoms with E-state index in [4.69, 9.17) is 5.73 Å².